The maximum absolute atomic E-state index is 12.3. The Hall–Kier alpha value is -0.910. The summed E-state index contributed by atoms with van der Waals surface area (Å²) in [5, 5.41) is 5.46. The van der Waals surface area contributed by atoms with Crippen molar-refractivity contribution in [1.29, 1.82) is 0 Å². The van der Waals surface area contributed by atoms with E-state index in [-0.39, 0.29) is 61.7 Å². The van der Waals surface area contributed by atoms with Gasteiger partial charge in [-0.25, -0.2) is 4.79 Å². The molecule has 3 aromatic carbocycles. The molecular formula is C19H11Cl5N2NaO5S+. The zero-order chi connectivity index (χ0) is 23.6. The van der Waals surface area contributed by atoms with Crippen LogP contribution in [0, 0.1) is 0 Å². The Balaban J connectivity index is 0.00000385. The molecule has 0 aliphatic carbocycles. The molecule has 3 aromatic rings. The minimum Gasteiger partial charge on any atom is -0.456 e. The van der Waals surface area contributed by atoms with E-state index >= 15 is 0 Å². The van der Waals surface area contributed by atoms with E-state index in [1.807, 2.05) is 0 Å². The Bertz CT molecular complexity index is 1320. The summed E-state index contributed by atoms with van der Waals surface area (Å²) in [7, 11) is -4.68. The fourth-order valence-corrected chi connectivity index (χ4v) is 4.01. The Morgan fingerprint density at radius 3 is 2.03 bits per heavy atom. The van der Waals surface area contributed by atoms with Crippen LogP contribution in [-0.4, -0.2) is 19.0 Å². The summed E-state index contributed by atoms with van der Waals surface area (Å²) in [6, 6.07) is 10.3. The van der Waals surface area contributed by atoms with Gasteiger partial charge in [0.05, 0.1) is 30.8 Å². The molecule has 14 heteroatoms. The predicted molar refractivity (Wildman–Crippen MR) is 127 cm³/mol. The maximum atomic E-state index is 12.3. The summed E-state index contributed by atoms with van der Waals surface area (Å²) in [5.74, 6) is 0.686. The number of anilines is 2. The molecule has 2 amide bonds. The van der Waals surface area contributed by atoms with Gasteiger partial charge in [0.25, 0.3) is 10.1 Å². The number of carbonyl (C=O) groups excluding carboxylic acids is 1. The van der Waals surface area contributed by atoms with E-state index < -0.39 is 21.0 Å². The molecule has 0 fully saturated rings. The average molecular weight is 580 g/mol. The second-order valence-corrected chi connectivity index (χ2v) is 9.57. The second kappa shape index (κ2) is 11.7. The van der Waals surface area contributed by atoms with Crippen LogP contribution in [0.25, 0.3) is 0 Å². The van der Waals surface area contributed by atoms with Crippen molar-refractivity contribution in [1.82, 2.24) is 0 Å². The molecule has 0 radical (unpaired) electrons. The predicted octanol–water partition coefficient (Wildman–Crippen LogP) is 4.64. The van der Waals surface area contributed by atoms with E-state index in [0.29, 0.717) is 15.8 Å². The molecule has 0 aliphatic rings. The first-order valence-corrected chi connectivity index (χ1v) is 11.7. The van der Waals surface area contributed by atoms with E-state index in [9.17, 15) is 17.8 Å². The minimum atomic E-state index is -4.68. The van der Waals surface area contributed by atoms with Crippen molar-refractivity contribution in [3.8, 4) is 11.5 Å². The van der Waals surface area contributed by atoms with Gasteiger partial charge in [-0.15, -0.1) is 0 Å². The fourth-order valence-electron chi connectivity index (χ4n) is 2.45. The molecule has 0 spiro atoms. The first-order chi connectivity index (χ1) is 14.9. The van der Waals surface area contributed by atoms with Crippen LogP contribution in [0.1, 0.15) is 0 Å². The summed E-state index contributed by atoms with van der Waals surface area (Å²) in [6.07, 6.45) is 0. The van der Waals surface area contributed by atoms with Gasteiger partial charge < -0.3 is 15.4 Å². The number of ether oxygens (including phenoxy) is 1. The quantitative estimate of drug-likeness (QED) is 0.302. The Kier molecular flexibility index (Phi) is 10.0. The van der Waals surface area contributed by atoms with Crippen LogP contribution in [-0.2, 0) is 10.1 Å². The first-order valence-electron chi connectivity index (χ1n) is 8.41. The van der Waals surface area contributed by atoms with Gasteiger partial charge in [0.15, 0.2) is 0 Å². The summed E-state index contributed by atoms with van der Waals surface area (Å²) < 4.78 is 38.1. The van der Waals surface area contributed by atoms with Crippen molar-refractivity contribution in [2.75, 3.05) is 10.6 Å². The van der Waals surface area contributed by atoms with E-state index in [1.165, 1.54) is 24.3 Å². The topological polar surface area (TPSA) is 105 Å². The summed E-state index contributed by atoms with van der Waals surface area (Å²) in [5.41, 5.74) is -0.00692. The molecule has 0 saturated heterocycles. The molecule has 168 valence electrons. The Labute approximate surface area is 236 Å². The average Bonchev–Trinajstić information content (AvgIpc) is 2.68. The van der Waals surface area contributed by atoms with Gasteiger partial charge in [0.2, 0.25) is 0 Å². The normalized spacial score (nSPS) is 10.8. The van der Waals surface area contributed by atoms with Crippen LogP contribution < -0.4 is 44.9 Å². The van der Waals surface area contributed by atoms with Gasteiger partial charge in [-0.1, -0.05) is 58.0 Å². The van der Waals surface area contributed by atoms with Crippen LogP contribution in [0.5, 0.6) is 11.5 Å². The zero-order valence-corrected chi connectivity index (χ0v) is 23.1. The van der Waals surface area contributed by atoms with Crippen LogP contribution >= 0.6 is 58.0 Å². The van der Waals surface area contributed by atoms with Crippen molar-refractivity contribution < 1.29 is 52.1 Å². The fraction of sp³-hybridized carbons (Fsp3) is 0. The summed E-state index contributed by atoms with van der Waals surface area (Å²) in [4.78, 5) is 11.7. The minimum absolute atomic E-state index is 0. The van der Waals surface area contributed by atoms with Crippen LogP contribution in [0.3, 0.4) is 0 Å². The molecule has 33 heavy (non-hydrogen) atoms. The van der Waals surface area contributed by atoms with Gasteiger partial charge >= 0.3 is 35.6 Å². The molecule has 0 saturated carbocycles. The number of hydrogen-bond donors (Lipinski definition) is 3. The zero-order valence-electron chi connectivity index (χ0n) is 16.5. The van der Waals surface area contributed by atoms with Gasteiger partial charge in [-0.3, -0.25) is 4.55 Å². The van der Waals surface area contributed by atoms with Crippen molar-refractivity contribution in [2.24, 2.45) is 0 Å². The third kappa shape index (κ3) is 7.53. The van der Waals surface area contributed by atoms with Gasteiger partial charge in [-0.05, 0) is 42.5 Å². The summed E-state index contributed by atoms with van der Waals surface area (Å²) in [6.45, 7) is 0. The number of hydrogen-bond acceptors (Lipinski definition) is 4. The number of halogens is 5. The Morgan fingerprint density at radius 1 is 0.788 bits per heavy atom. The van der Waals surface area contributed by atoms with Crippen molar-refractivity contribution >= 4 is 85.5 Å². The molecule has 7 nitrogen and oxygen atoms in total. The largest absolute Gasteiger partial charge is 1.00 e. The van der Waals surface area contributed by atoms with Crippen molar-refractivity contribution in [2.45, 2.75) is 4.90 Å². The second-order valence-electron chi connectivity index (χ2n) is 6.14. The smallest absolute Gasteiger partial charge is 0.456 e. The van der Waals surface area contributed by atoms with Crippen LogP contribution in [0.15, 0.2) is 53.4 Å². The van der Waals surface area contributed by atoms with Crippen LogP contribution in [0.4, 0.5) is 16.2 Å². The molecule has 0 heterocycles. The monoisotopic (exact) mass is 577 g/mol. The third-order valence-corrected chi connectivity index (χ3v) is 6.51. The number of rotatable bonds is 5. The SMILES string of the molecule is O=C(Nc1ccc(Oc2ccc(Cl)c(Cl)c2)c(Cl)c1)Nc1cc(Cl)c(Cl)cc1S(=O)(=O)O.[Na+]. The molecular weight excluding hydrogens is 569 g/mol. The molecule has 0 aromatic heterocycles. The van der Waals surface area contributed by atoms with E-state index in [2.05, 4.69) is 10.6 Å². The summed E-state index contributed by atoms with van der Waals surface area (Å²) >= 11 is 29.7. The van der Waals surface area contributed by atoms with Gasteiger partial charge in [0, 0.05) is 11.8 Å². The van der Waals surface area contributed by atoms with Crippen LogP contribution in [0.2, 0.25) is 25.1 Å². The molecule has 0 atom stereocenters. The number of nitrogens with one attached hydrogen (secondary N) is 2. The van der Waals surface area contributed by atoms with Crippen molar-refractivity contribution in [3.05, 3.63) is 73.6 Å². The van der Waals surface area contributed by atoms with E-state index in [4.69, 9.17) is 62.7 Å². The molecule has 0 unspecified atom stereocenters. The Morgan fingerprint density at radius 2 is 1.42 bits per heavy atom. The number of benzene rings is 3. The maximum Gasteiger partial charge on any atom is 1.00 e. The number of urea groups is 1. The third-order valence-electron chi connectivity index (χ3n) is 3.86. The molecule has 0 aliphatic heterocycles. The molecule has 3 rings (SSSR count). The van der Waals surface area contributed by atoms with E-state index in [1.54, 1.807) is 12.1 Å². The van der Waals surface area contributed by atoms with E-state index in [0.717, 1.165) is 12.1 Å². The first kappa shape index (κ1) is 28.3. The molecule has 3 N–H and O–H groups in total. The number of amides is 2. The van der Waals surface area contributed by atoms with Gasteiger partial charge in [0.1, 0.15) is 16.4 Å². The number of carbonyl (C=O) groups is 1. The standard InChI is InChI=1S/C19H11Cl5N2O5S.Na/c20-11-3-2-10(6-12(11)21)31-17-4-1-9(5-15(17)24)25-19(27)26-16-7-13(22)14(23)8-18(16)32(28,29)30;/h1-8H,(H2,25,26,27)(H,28,29,30);/q;+1. The van der Waals surface area contributed by atoms with Gasteiger partial charge in [-0.2, -0.15) is 8.42 Å². The van der Waals surface area contributed by atoms with Crippen molar-refractivity contribution in [3.63, 3.8) is 0 Å². The molecule has 0 bridgehead atoms.